The van der Waals surface area contributed by atoms with Crippen molar-refractivity contribution in [2.45, 2.75) is 46.6 Å². The summed E-state index contributed by atoms with van der Waals surface area (Å²) in [5.74, 6) is 0.859. The molecule has 0 aliphatic rings. The van der Waals surface area contributed by atoms with Gasteiger partial charge in [-0.2, -0.15) is 10.2 Å². The third-order valence-corrected chi connectivity index (χ3v) is 6.98. The molecule has 0 amide bonds. The highest BCUT2D eigenvalue weighted by Crippen LogP contribution is 2.36. The predicted octanol–water partition coefficient (Wildman–Crippen LogP) is 7.04. The maximum absolute atomic E-state index is 10.2. The lowest BCUT2D eigenvalue weighted by atomic mass is 9.85. The minimum absolute atomic E-state index is 0.0299. The summed E-state index contributed by atoms with van der Waals surface area (Å²) in [7, 11) is 1.60. The molecule has 6 nitrogen and oxygen atoms in total. The number of phenols is 1. The van der Waals surface area contributed by atoms with Crippen LogP contribution in [0.15, 0.2) is 76.9 Å². The van der Waals surface area contributed by atoms with Gasteiger partial charge in [0.25, 0.3) is 0 Å². The van der Waals surface area contributed by atoms with E-state index in [1.807, 2.05) is 56.5 Å². The van der Waals surface area contributed by atoms with E-state index in [0.717, 1.165) is 56.4 Å². The van der Waals surface area contributed by atoms with Crippen LogP contribution in [0.5, 0.6) is 11.6 Å². The van der Waals surface area contributed by atoms with Crippen LogP contribution in [-0.2, 0) is 6.61 Å². The maximum atomic E-state index is 10.2. The zero-order valence-corrected chi connectivity index (χ0v) is 22.6. The van der Waals surface area contributed by atoms with Crippen LogP contribution >= 0.6 is 0 Å². The van der Waals surface area contributed by atoms with E-state index in [-0.39, 0.29) is 18.3 Å². The number of phenolic OH excluding ortho intramolecular Hbond substituents is 1. The summed E-state index contributed by atoms with van der Waals surface area (Å²) in [6.07, 6.45) is 2.88. The van der Waals surface area contributed by atoms with E-state index in [1.54, 1.807) is 19.2 Å². The van der Waals surface area contributed by atoms with Crippen LogP contribution in [0.1, 0.15) is 55.4 Å². The molecule has 1 aromatic heterocycles. The fourth-order valence-corrected chi connectivity index (χ4v) is 4.53. The fourth-order valence-electron chi connectivity index (χ4n) is 4.53. The summed E-state index contributed by atoms with van der Waals surface area (Å²) >= 11 is 0. The van der Waals surface area contributed by atoms with Gasteiger partial charge in [-0.1, -0.05) is 50.2 Å². The molecule has 0 radical (unpaired) electrons. The summed E-state index contributed by atoms with van der Waals surface area (Å²) < 4.78 is 5.48. The molecule has 0 saturated carbocycles. The summed E-state index contributed by atoms with van der Waals surface area (Å²) in [5.41, 5.74) is 7.39. The van der Waals surface area contributed by atoms with Gasteiger partial charge in [0.1, 0.15) is 5.75 Å². The number of pyridine rings is 1. The molecule has 0 bridgehead atoms. The van der Waals surface area contributed by atoms with Crippen molar-refractivity contribution < 1.29 is 14.9 Å². The first kappa shape index (κ1) is 27.0. The first-order valence-corrected chi connectivity index (χ1v) is 12.9. The van der Waals surface area contributed by atoms with Crippen molar-refractivity contribution in [2.24, 2.45) is 16.1 Å². The van der Waals surface area contributed by atoms with Crippen molar-refractivity contribution in [3.05, 3.63) is 89.0 Å². The SMILES string of the molecule is CCC(C)/C=N\N=C(/C)C(c1ccc(C)c(CO)c1)c1ccc2nc(OC)cc(-c3cccc(O)c3)c2c1. The van der Waals surface area contributed by atoms with E-state index in [1.165, 1.54) is 0 Å². The molecule has 2 unspecified atom stereocenters. The smallest absolute Gasteiger partial charge is 0.214 e. The number of rotatable bonds is 9. The number of aromatic nitrogens is 1. The van der Waals surface area contributed by atoms with Crippen molar-refractivity contribution in [1.82, 2.24) is 4.98 Å². The Labute approximate surface area is 224 Å². The molecule has 4 rings (SSSR count). The first-order valence-electron chi connectivity index (χ1n) is 12.9. The Morgan fingerprint density at radius 1 is 1.05 bits per heavy atom. The van der Waals surface area contributed by atoms with Crippen LogP contribution in [0.25, 0.3) is 22.0 Å². The molecule has 0 spiro atoms. The summed E-state index contributed by atoms with van der Waals surface area (Å²) in [4.78, 5) is 4.67. The summed E-state index contributed by atoms with van der Waals surface area (Å²) in [5, 5.41) is 30.0. The average molecular weight is 510 g/mol. The predicted molar refractivity (Wildman–Crippen MR) is 155 cm³/mol. The van der Waals surface area contributed by atoms with Gasteiger partial charge in [-0.3, -0.25) is 0 Å². The number of aromatic hydroxyl groups is 1. The first-order chi connectivity index (χ1) is 18.3. The monoisotopic (exact) mass is 509 g/mol. The standard InChI is InChI=1S/C32H35N3O3/c1-6-20(2)18-33-35-22(4)32(24-11-10-21(3)26(14-24)19-36)25-12-13-30-29(16-25)28(17-31(34-30)38-5)23-8-7-9-27(37)15-23/h7-18,20,32,36-37H,6,19H2,1-5H3/b33-18-,35-22+. The van der Waals surface area contributed by atoms with E-state index in [4.69, 9.17) is 4.74 Å². The number of aliphatic hydroxyl groups excluding tert-OH is 1. The van der Waals surface area contributed by atoms with Crippen LogP contribution in [0, 0.1) is 12.8 Å². The van der Waals surface area contributed by atoms with Crippen molar-refractivity contribution in [1.29, 1.82) is 0 Å². The maximum Gasteiger partial charge on any atom is 0.214 e. The topological polar surface area (TPSA) is 87.3 Å². The number of hydrogen-bond acceptors (Lipinski definition) is 6. The number of benzene rings is 3. The van der Waals surface area contributed by atoms with Gasteiger partial charge in [0.05, 0.1) is 19.2 Å². The number of ether oxygens (including phenoxy) is 1. The highest BCUT2D eigenvalue weighted by atomic mass is 16.5. The zero-order chi connectivity index (χ0) is 27.2. The van der Waals surface area contributed by atoms with E-state index in [9.17, 15) is 10.2 Å². The number of hydrogen-bond donors (Lipinski definition) is 2. The average Bonchev–Trinajstić information content (AvgIpc) is 2.93. The third kappa shape index (κ3) is 5.92. The van der Waals surface area contributed by atoms with Gasteiger partial charge in [0, 0.05) is 29.3 Å². The minimum atomic E-state index is -0.182. The number of aryl methyl sites for hydroxylation is 1. The summed E-state index contributed by atoms with van der Waals surface area (Å²) in [6, 6.07) is 21.4. The van der Waals surface area contributed by atoms with E-state index >= 15 is 0 Å². The molecule has 3 aromatic carbocycles. The van der Waals surface area contributed by atoms with Gasteiger partial charge >= 0.3 is 0 Å². The van der Waals surface area contributed by atoms with Crippen LogP contribution in [-0.4, -0.2) is 34.2 Å². The van der Waals surface area contributed by atoms with Gasteiger partial charge in [-0.15, -0.1) is 0 Å². The van der Waals surface area contributed by atoms with E-state index in [0.29, 0.717) is 11.8 Å². The van der Waals surface area contributed by atoms with E-state index in [2.05, 4.69) is 47.2 Å². The Balaban J connectivity index is 1.93. The van der Waals surface area contributed by atoms with Crippen LogP contribution in [0.2, 0.25) is 0 Å². The quantitative estimate of drug-likeness (QED) is 0.187. The highest BCUT2D eigenvalue weighted by molar-refractivity contribution is 5.98. The van der Waals surface area contributed by atoms with Gasteiger partial charge in [-0.25, -0.2) is 4.98 Å². The minimum Gasteiger partial charge on any atom is -0.508 e. The van der Waals surface area contributed by atoms with Crippen LogP contribution in [0.4, 0.5) is 0 Å². The molecular formula is C32H35N3O3. The fraction of sp³-hybridized carbons (Fsp3) is 0.281. The molecular weight excluding hydrogens is 474 g/mol. The van der Waals surface area contributed by atoms with Gasteiger partial charge in [0.15, 0.2) is 0 Å². The molecule has 0 fully saturated rings. The molecule has 38 heavy (non-hydrogen) atoms. The molecule has 6 heteroatoms. The molecule has 4 aromatic rings. The van der Waals surface area contributed by atoms with Gasteiger partial charge in [0.2, 0.25) is 5.88 Å². The Kier molecular flexibility index (Phi) is 8.54. The second-order valence-corrected chi connectivity index (χ2v) is 9.71. The number of nitrogens with zero attached hydrogens (tertiary/aromatic N) is 3. The van der Waals surface area contributed by atoms with Crippen molar-refractivity contribution >= 4 is 22.8 Å². The summed E-state index contributed by atoms with van der Waals surface area (Å²) in [6.45, 7) is 8.20. The second-order valence-electron chi connectivity index (χ2n) is 9.71. The van der Waals surface area contributed by atoms with Crippen LogP contribution < -0.4 is 4.74 Å². The molecule has 2 N–H and O–H groups in total. The largest absolute Gasteiger partial charge is 0.508 e. The molecule has 1 heterocycles. The van der Waals surface area contributed by atoms with Gasteiger partial charge in [-0.05, 0) is 83.8 Å². The molecule has 196 valence electrons. The van der Waals surface area contributed by atoms with Crippen molar-refractivity contribution in [2.75, 3.05) is 7.11 Å². The Hall–Kier alpha value is -4.03. The lowest BCUT2D eigenvalue weighted by Crippen LogP contribution is -2.12. The molecule has 0 saturated heterocycles. The number of methoxy groups -OCH3 is 1. The molecule has 0 aliphatic carbocycles. The van der Waals surface area contributed by atoms with Crippen LogP contribution in [0.3, 0.4) is 0 Å². The number of fused-ring (bicyclic) bond motifs is 1. The van der Waals surface area contributed by atoms with Crippen molar-refractivity contribution in [3.8, 4) is 22.8 Å². The Bertz CT molecular complexity index is 1490. The second kappa shape index (κ2) is 12.0. The lowest BCUT2D eigenvalue weighted by Gasteiger charge is -2.20. The Morgan fingerprint density at radius 3 is 2.53 bits per heavy atom. The molecule has 2 atom stereocenters. The number of aliphatic hydroxyl groups is 1. The molecule has 0 aliphatic heterocycles. The van der Waals surface area contributed by atoms with Crippen molar-refractivity contribution in [3.63, 3.8) is 0 Å². The third-order valence-electron chi connectivity index (χ3n) is 6.98. The van der Waals surface area contributed by atoms with Gasteiger partial charge < -0.3 is 14.9 Å². The normalized spacial score (nSPS) is 13.7. The van der Waals surface area contributed by atoms with E-state index < -0.39 is 0 Å². The lowest BCUT2D eigenvalue weighted by molar-refractivity contribution is 0.281. The zero-order valence-electron chi connectivity index (χ0n) is 22.6. The highest BCUT2D eigenvalue weighted by Gasteiger charge is 2.21. The Morgan fingerprint density at radius 2 is 1.82 bits per heavy atom.